The Morgan fingerprint density at radius 3 is 2.47 bits per heavy atom. The standard InChI is InChI=1S/C9H17NO4S/c1-4-9(2,3)8(12)13-6-10-5-7(11)14-15/h10,15H,4-6H2,1-3H3. The monoisotopic (exact) mass is 235 g/mol. The van der Waals surface area contributed by atoms with Gasteiger partial charge in [0.1, 0.15) is 6.73 Å². The Hall–Kier alpha value is -0.750. The van der Waals surface area contributed by atoms with Gasteiger partial charge in [0, 0.05) is 12.9 Å². The van der Waals surface area contributed by atoms with Gasteiger partial charge in [0.25, 0.3) is 0 Å². The molecule has 0 rings (SSSR count). The molecular formula is C9H17NO4S. The number of nitrogens with one attached hydrogen (secondary N) is 1. The van der Waals surface area contributed by atoms with E-state index in [0.717, 1.165) is 0 Å². The molecule has 0 aromatic carbocycles. The van der Waals surface area contributed by atoms with Gasteiger partial charge in [0.15, 0.2) is 0 Å². The Labute approximate surface area is 95.1 Å². The zero-order valence-corrected chi connectivity index (χ0v) is 10.1. The molecule has 1 N–H and O–H groups in total. The Balaban J connectivity index is 3.69. The average Bonchev–Trinajstić information content (AvgIpc) is 2.23. The highest BCUT2D eigenvalue weighted by molar-refractivity contribution is 7.75. The molecule has 0 aliphatic rings. The molecule has 0 saturated carbocycles. The predicted molar refractivity (Wildman–Crippen MR) is 58.1 cm³/mol. The topological polar surface area (TPSA) is 64.6 Å². The molecule has 5 nitrogen and oxygen atoms in total. The van der Waals surface area contributed by atoms with Crippen molar-refractivity contribution >= 4 is 24.8 Å². The number of rotatable bonds is 6. The van der Waals surface area contributed by atoms with Gasteiger partial charge in [-0.3, -0.25) is 10.1 Å². The third-order valence-corrected chi connectivity index (χ3v) is 2.32. The second-order valence-corrected chi connectivity index (χ2v) is 3.89. The number of carbonyl (C=O) groups excluding carboxylic acids is 2. The maximum atomic E-state index is 11.4. The van der Waals surface area contributed by atoms with Crippen LogP contribution in [0.4, 0.5) is 0 Å². The third-order valence-electron chi connectivity index (χ3n) is 2.11. The molecule has 0 aliphatic carbocycles. The molecule has 0 fully saturated rings. The van der Waals surface area contributed by atoms with Crippen molar-refractivity contribution in [3.8, 4) is 0 Å². The molecule has 0 spiro atoms. The van der Waals surface area contributed by atoms with E-state index in [4.69, 9.17) is 4.74 Å². The van der Waals surface area contributed by atoms with Gasteiger partial charge in [-0.2, -0.15) is 0 Å². The first kappa shape index (κ1) is 14.2. The van der Waals surface area contributed by atoms with Gasteiger partial charge in [0.05, 0.1) is 12.0 Å². The van der Waals surface area contributed by atoms with E-state index in [1.807, 2.05) is 6.92 Å². The van der Waals surface area contributed by atoms with Crippen molar-refractivity contribution in [1.82, 2.24) is 5.32 Å². The first-order chi connectivity index (χ1) is 6.94. The van der Waals surface area contributed by atoms with Gasteiger partial charge >= 0.3 is 11.9 Å². The third kappa shape index (κ3) is 5.64. The van der Waals surface area contributed by atoms with E-state index >= 15 is 0 Å². The number of esters is 1. The van der Waals surface area contributed by atoms with Gasteiger partial charge in [-0.1, -0.05) is 6.92 Å². The van der Waals surface area contributed by atoms with Crippen LogP contribution in [0, 0.1) is 5.41 Å². The number of carbonyl (C=O) groups is 2. The number of thiol groups is 1. The zero-order valence-electron chi connectivity index (χ0n) is 9.20. The lowest BCUT2D eigenvalue weighted by atomic mass is 9.91. The Kier molecular flexibility index (Phi) is 6.35. The number of hydrogen-bond acceptors (Lipinski definition) is 6. The van der Waals surface area contributed by atoms with E-state index in [0.29, 0.717) is 6.42 Å². The molecule has 0 aromatic rings. The minimum Gasteiger partial charge on any atom is -0.449 e. The molecule has 15 heavy (non-hydrogen) atoms. The van der Waals surface area contributed by atoms with Crippen LogP contribution in [0.15, 0.2) is 0 Å². The summed E-state index contributed by atoms with van der Waals surface area (Å²) in [5, 5.41) is 2.60. The zero-order chi connectivity index (χ0) is 11.9. The lowest BCUT2D eigenvalue weighted by molar-refractivity contribution is -0.155. The average molecular weight is 235 g/mol. The largest absolute Gasteiger partial charge is 0.449 e. The molecule has 0 unspecified atom stereocenters. The Morgan fingerprint density at radius 1 is 1.40 bits per heavy atom. The lowest BCUT2D eigenvalue weighted by Crippen LogP contribution is -2.32. The van der Waals surface area contributed by atoms with Gasteiger partial charge in [-0.15, -0.1) is 0 Å². The first-order valence-electron chi connectivity index (χ1n) is 4.66. The summed E-state index contributed by atoms with van der Waals surface area (Å²) in [6.07, 6.45) is 0.699. The van der Waals surface area contributed by atoms with Gasteiger partial charge in [-0.05, 0) is 20.3 Å². The van der Waals surface area contributed by atoms with Crippen molar-refractivity contribution in [2.24, 2.45) is 5.41 Å². The molecule has 6 heteroatoms. The van der Waals surface area contributed by atoms with E-state index in [9.17, 15) is 9.59 Å². The SMILES string of the molecule is CCC(C)(C)C(=O)OCNCC(=O)OS. The summed E-state index contributed by atoms with van der Waals surface area (Å²) in [4.78, 5) is 22.0. The minimum atomic E-state index is -0.524. The highest BCUT2D eigenvalue weighted by atomic mass is 32.1. The van der Waals surface area contributed by atoms with Crippen LogP contribution >= 0.6 is 12.9 Å². The molecule has 0 aliphatic heterocycles. The van der Waals surface area contributed by atoms with Crippen molar-refractivity contribution in [2.45, 2.75) is 27.2 Å². The van der Waals surface area contributed by atoms with Crippen LogP contribution in [0.25, 0.3) is 0 Å². The van der Waals surface area contributed by atoms with Crippen molar-refractivity contribution < 1.29 is 18.5 Å². The van der Waals surface area contributed by atoms with Crippen LogP contribution in [0.5, 0.6) is 0 Å². The summed E-state index contributed by atoms with van der Waals surface area (Å²) in [5.41, 5.74) is -0.494. The van der Waals surface area contributed by atoms with Crippen LogP contribution in [0.1, 0.15) is 27.2 Å². The van der Waals surface area contributed by atoms with Crippen molar-refractivity contribution in [2.75, 3.05) is 13.3 Å². The van der Waals surface area contributed by atoms with E-state index < -0.39 is 11.4 Å². The second kappa shape index (κ2) is 6.68. The quantitative estimate of drug-likeness (QED) is 0.235. The normalized spacial score (nSPS) is 10.9. The second-order valence-electron chi connectivity index (χ2n) is 3.70. The summed E-state index contributed by atoms with van der Waals surface area (Å²) in [5.74, 6) is -0.819. The van der Waals surface area contributed by atoms with Crippen LogP contribution in [-0.4, -0.2) is 25.2 Å². The maximum absolute atomic E-state index is 11.4. The molecule has 0 heterocycles. The van der Waals surface area contributed by atoms with Crippen molar-refractivity contribution in [1.29, 1.82) is 0 Å². The summed E-state index contributed by atoms with van der Waals surface area (Å²) < 4.78 is 9.01. The molecule has 0 radical (unpaired) electrons. The molecule has 0 saturated heterocycles. The molecule has 88 valence electrons. The summed E-state index contributed by atoms with van der Waals surface area (Å²) in [7, 11) is 0. The summed E-state index contributed by atoms with van der Waals surface area (Å²) >= 11 is 3.32. The fourth-order valence-corrected chi connectivity index (χ4v) is 0.706. The van der Waals surface area contributed by atoms with E-state index in [-0.39, 0.29) is 19.2 Å². The van der Waals surface area contributed by atoms with Crippen molar-refractivity contribution in [3.05, 3.63) is 0 Å². The lowest BCUT2D eigenvalue weighted by Gasteiger charge is -2.20. The summed E-state index contributed by atoms with van der Waals surface area (Å²) in [6.45, 7) is 5.47. The van der Waals surface area contributed by atoms with Crippen molar-refractivity contribution in [3.63, 3.8) is 0 Å². The van der Waals surface area contributed by atoms with Gasteiger partial charge in [-0.25, -0.2) is 4.79 Å². The van der Waals surface area contributed by atoms with Gasteiger partial charge < -0.3 is 8.92 Å². The highest BCUT2D eigenvalue weighted by Crippen LogP contribution is 2.20. The smallest absolute Gasteiger partial charge is 0.331 e. The minimum absolute atomic E-state index is 0.00879. The Bertz CT molecular complexity index is 230. The van der Waals surface area contributed by atoms with E-state index in [1.165, 1.54) is 0 Å². The van der Waals surface area contributed by atoms with Crippen LogP contribution in [-0.2, 0) is 18.5 Å². The van der Waals surface area contributed by atoms with Crippen LogP contribution in [0.2, 0.25) is 0 Å². The first-order valence-corrected chi connectivity index (χ1v) is 5.02. The fraction of sp³-hybridized carbons (Fsp3) is 0.778. The highest BCUT2D eigenvalue weighted by Gasteiger charge is 2.26. The summed E-state index contributed by atoms with van der Waals surface area (Å²) in [6, 6.07) is 0. The number of hydrogen-bond donors (Lipinski definition) is 2. The fourth-order valence-electron chi connectivity index (χ4n) is 0.642. The predicted octanol–water partition coefficient (Wildman–Crippen LogP) is 0.901. The molecule has 0 aromatic heterocycles. The Morgan fingerprint density at radius 2 is 2.00 bits per heavy atom. The maximum Gasteiger partial charge on any atom is 0.331 e. The van der Waals surface area contributed by atoms with E-state index in [1.54, 1.807) is 13.8 Å². The molecular weight excluding hydrogens is 218 g/mol. The number of ether oxygens (including phenoxy) is 1. The molecule has 0 amide bonds. The van der Waals surface area contributed by atoms with E-state index in [2.05, 4.69) is 22.4 Å². The molecule has 0 atom stereocenters. The molecule has 0 bridgehead atoms. The van der Waals surface area contributed by atoms with Crippen LogP contribution < -0.4 is 5.32 Å². The van der Waals surface area contributed by atoms with Gasteiger partial charge in [0.2, 0.25) is 0 Å². The van der Waals surface area contributed by atoms with Crippen LogP contribution in [0.3, 0.4) is 0 Å².